The van der Waals surface area contributed by atoms with Crippen molar-refractivity contribution in [1.82, 2.24) is 10.3 Å². The van der Waals surface area contributed by atoms with Gasteiger partial charge >= 0.3 is 0 Å². The van der Waals surface area contributed by atoms with Gasteiger partial charge in [0.25, 0.3) is 5.91 Å². The molecule has 1 saturated heterocycles. The fourth-order valence-electron chi connectivity index (χ4n) is 3.41. The molecule has 5 nitrogen and oxygen atoms in total. The van der Waals surface area contributed by atoms with E-state index in [1.807, 2.05) is 30.5 Å². The first-order valence-corrected chi connectivity index (χ1v) is 9.68. The normalized spacial score (nSPS) is 16.2. The van der Waals surface area contributed by atoms with E-state index in [4.69, 9.17) is 16.3 Å². The second-order valence-corrected chi connectivity index (χ2v) is 7.33. The van der Waals surface area contributed by atoms with Gasteiger partial charge in [0.15, 0.2) is 0 Å². The number of nitrogens with one attached hydrogen (secondary N) is 1. The molecule has 6 heteroatoms. The molecular formula is C21H22ClN3O2. The van der Waals surface area contributed by atoms with Gasteiger partial charge in [0.05, 0.1) is 5.57 Å². The summed E-state index contributed by atoms with van der Waals surface area (Å²) in [6.45, 7) is 2.84. The molecule has 1 aromatic heterocycles. The number of amides is 1. The van der Waals surface area contributed by atoms with Crippen LogP contribution in [0.1, 0.15) is 30.4 Å². The number of halogens is 1. The van der Waals surface area contributed by atoms with Crippen molar-refractivity contribution in [2.24, 2.45) is 0 Å². The highest BCUT2D eigenvalue weighted by molar-refractivity contribution is 6.30. The second-order valence-electron chi connectivity index (χ2n) is 6.90. The van der Waals surface area contributed by atoms with Gasteiger partial charge < -0.3 is 15.0 Å². The van der Waals surface area contributed by atoms with Gasteiger partial charge in [0.2, 0.25) is 0 Å². The summed E-state index contributed by atoms with van der Waals surface area (Å²) in [7, 11) is 0. The SMILES string of the molecule is O=C(NCc1ccc(N2CCCCC2)nc1)C1=Cc2cc(Cl)ccc2OC1. The zero-order chi connectivity index (χ0) is 18.6. The highest BCUT2D eigenvalue weighted by Crippen LogP contribution is 2.29. The van der Waals surface area contributed by atoms with Crippen LogP contribution in [0.2, 0.25) is 5.02 Å². The molecule has 140 valence electrons. The van der Waals surface area contributed by atoms with Gasteiger partial charge in [0.1, 0.15) is 18.2 Å². The maximum absolute atomic E-state index is 12.5. The van der Waals surface area contributed by atoms with Crippen molar-refractivity contribution in [2.75, 3.05) is 24.6 Å². The number of aromatic nitrogens is 1. The van der Waals surface area contributed by atoms with Crippen molar-refractivity contribution in [3.8, 4) is 5.75 Å². The van der Waals surface area contributed by atoms with Gasteiger partial charge in [-0.2, -0.15) is 0 Å². The topological polar surface area (TPSA) is 54.5 Å². The van der Waals surface area contributed by atoms with Gasteiger partial charge in [-0.3, -0.25) is 4.79 Å². The molecule has 0 bridgehead atoms. The highest BCUT2D eigenvalue weighted by Gasteiger charge is 2.17. The van der Waals surface area contributed by atoms with Crippen molar-refractivity contribution < 1.29 is 9.53 Å². The van der Waals surface area contributed by atoms with Crippen LogP contribution in [0.5, 0.6) is 5.75 Å². The molecule has 0 saturated carbocycles. The third kappa shape index (κ3) is 4.25. The average molecular weight is 384 g/mol. The number of fused-ring (bicyclic) bond motifs is 1. The molecule has 0 aliphatic carbocycles. The fraction of sp³-hybridized carbons (Fsp3) is 0.333. The van der Waals surface area contributed by atoms with Crippen LogP contribution in [0.15, 0.2) is 42.1 Å². The molecule has 2 aromatic rings. The minimum atomic E-state index is -0.138. The Balaban J connectivity index is 1.36. The Bertz CT molecular complexity index is 858. The van der Waals surface area contributed by atoms with E-state index in [9.17, 15) is 4.79 Å². The van der Waals surface area contributed by atoms with Gasteiger partial charge in [-0.15, -0.1) is 0 Å². The minimum Gasteiger partial charge on any atom is -0.488 e. The summed E-state index contributed by atoms with van der Waals surface area (Å²) in [5, 5.41) is 3.56. The molecule has 3 heterocycles. The van der Waals surface area contributed by atoms with Gasteiger partial charge in [-0.25, -0.2) is 4.98 Å². The molecule has 0 atom stereocenters. The van der Waals surface area contributed by atoms with E-state index in [1.54, 1.807) is 12.1 Å². The Labute approximate surface area is 164 Å². The Morgan fingerprint density at radius 3 is 2.81 bits per heavy atom. The molecule has 2 aliphatic rings. The van der Waals surface area contributed by atoms with E-state index in [-0.39, 0.29) is 12.5 Å². The monoisotopic (exact) mass is 383 g/mol. The number of anilines is 1. The third-order valence-corrected chi connectivity index (χ3v) is 5.15. The lowest BCUT2D eigenvalue weighted by Gasteiger charge is -2.27. The summed E-state index contributed by atoms with van der Waals surface area (Å²) >= 11 is 6.02. The molecule has 0 radical (unpaired) electrons. The number of hydrogen-bond donors (Lipinski definition) is 1. The van der Waals surface area contributed by atoms with Crippen LogP contribution >= 0.6 is 11.6 Å². The molecule has 1 N–H and O–H groups in total. The molecular weight excluding hydrogens is 362 g/mol. The Hall–Kier alpha value is -2.53. The molecule has 1 fully saturated rings. The summed E-state index contributed by atoms with van der Waals surface area (Å²) in [5.74, 6) is 1.62. The van der Waals surface area contributed by atoms with Crippen molar-refractivity contribution >= 4 is 29.4 Å². The van der Waals surface area contributed by atoms with Gasteiger partial charge in [0, 0.05) is 36.4 Å². The zero-order valence-corrected chi connectivity index (χ0v) is 15.8. The van der Waals surface area contributed by atoms with Crippen molar-refractivity contribution in [3.63, 3.8) is 0 Å². The van der Waals surface area contributed by atoms with Crippen LogP contribution in [0.25, 0.3) is 6.08 Å². The van der Waals surface area contributed by atoms with Crippen LogP contribution in [-0.2, 0) is 11.3 Å². The van der Waals surface area contributed by atoms with Crippen LogP contribution in [-0.4, -0.2) is 30.6 Å². The number of piperidine rings is 1. The van der Waals surface area contributed by atoms with Crippen molar-refractivity contribution in [3.05, 3.63) is 58.3 Å². The second kappa shape index (κ2) is 8.01. The molecule has 1 amide bonds. The lowest BCUT2D eigenvalue weighted by Crippen LogP contribution is -2.30. The smallest absolute Gasteiger partial charge is 0.250 e. The van der Waals surface area contributed by atoms with Crippen molar-refractivity contribution in [2.45, 2.75) is 25.8 Å². The quantitative estimate of drug-likeness (QED) is 0.872. The van der Waals surface area contributed by atoms with E-state index < -0.39 is 0 Å². The largest absolute Gasteiger partial charge is 0.488 e. The summed E-state index contributed by atoms with van der Waals surface area (Å²) in [6.07, 6.45) is 7.43. The summed E-state index contributed by atoms with van der Waals surface area (Å²) in [5.41, 5.74) is 2.39. The first-order valence-electron chi connectivity index (χ1n) is 9.30. The number of benzene rings is 1. The first-order chi connectivity index (χ1) is 13.2. The van der Waals surface area contributed by atoms with Gasteiger partial charge in [-0.05, 0) is 55.2 Å². The minimum absolute atomic E-state index is 0.138. The standard InChI is InChI=1S/C21H22ClN3O2/c22-18-5-6-19-16(11-18)10-17(14-27-19)21(26)24-13-15-4-7-20(23-12-15)25-8-2-1-3-9-25/h4-7,10-12H,1-3,8-9,13-14H2,(H,24,26). The van der Waals surface area contributed by atoms with E-state index in [2.05, 4.69) is 15.2 Å². The molecule has 1 aromatic carbocycles. The number of hydrogen-bond acceptors (Lipinski definition) is 4. The van der Waals surface area contributed by atoms with Crippen LogP contribution < -0.4 is 15.0 Å². The van der Waals surface area contributed by atoms with E-state index in [1.165, 1.54) is 19.3 Å². The van der Waals surface area contributed by atoms with E-state index >= 15 is 0 Å². The number of carbonyl (C=O) groups is 1. The summed E-state index contributed by atoms with van der Waals surface area (Å²) < 4.78 is 5.64. The maximum Gasteiger partial charge on any atom is 0.250 e. The lowest BCUT2D eigenvalue weighted by molar-refractivity contribution is -0.117. The molecule has 27 heavy (non-hydrogen) atoms. The Morgan fingerprint density at radius 1 is 1.19 bits per heavy atom. The first kappa shape index (κ1) is 17.9. The fourth-order valence-corrected chi connectivity index (χ4v) is 3.59. The predicted molar refractivity (Wildman–Crippen MR) is 107 cm³/mol. The zero-order valence-electron chi connectivity index (χ0n) is 15.1. The van der Waals surface area contributed by atoms with Crippen molar-refractivity contribution in [1.29, 1.82) is 0 Å². The Kier molecular flexibility index (Phi) is 5.30. The van der Waals surface area contributed by atoms with Crippen LogP contribution in [0.4, 0.5) is 5.82 Å². The molecule has 0 unspecified atom stereocenters. The molecule has 2 aliphatic heterocycles. The predicted octanol–water partition coefficient (Wildman–Crippen LogP) is 3.82. The Morgan fingerprint density at radius 2 is 2.04 bits per heavy atom. The maximum atomic E-state index is 12.5. The lowest BCUT2D eigenvalue weighted by atomic mass is 10.1. The van der Waals surface area contributed by atoms with E-state index in [0.29, 0.717) is 17.1 Å². The van der Waals surface area contributed by atoms with Crippen LogP contribution in [0, 0.1) is 0 Å². The number of pyridine rings is 1. The summed E-state index contributed by atoms with van der Waals surface area (Å²) in [4.78, 5) is 19.3. The molecule has 4 rings (SSSR count). The van der Waals surface area contributed by atoms with Crippen LogP contribution in [0.3, 0.4) is 0 Å². The number of ether oxygens (including phenoxy) is 1. The number of rotatable bonds is 4. The average Bonchev–Trinajstić information content (AvgIpc) is 2.72. The molecule has 0 spiro atoms. The van der Waals surface area contributed by atoms with Gasteiger partial charge in [-0.1, -0.05) is 17.7 Å². The number of carbonyl (C=O) groups excluding carboxylic acids is 1. The number of nitrogens with zero attached hydrogens (tertiary/aromatic N) is 2. The third-order valence-electron chi connectivity index (χ3n) is 4.92. The summed E-state index contributed by atoms with van der Waals surface area (Å²) in [6, 6.07) is 9.46. The highest BCUT2D eigenvalue weighted by atomic mass is 35.5. The van der Waals surface area contributed by atoms with E-state index in [0.717, 1.165) is 35.8 Å².